The first kappa shape index (κ1) is 18.4. The van der Waals surface area contributed by atoms with Crippen molar-refractivity contribution in [1.29, 1.82) is 0 Å². The summed E-state index contributed by atoms with van der Waals surface area (Å²) in [5, 5.41) is 3.27. The summed E-state index contributed by atoms with van der Waals surface area (Å²) in [4.78, 5) is 14.9. The van der Waals surface area contributed by atoms with Crippen molar-refractivity contribution in [3.63, 3.8) is 0 Å². The summed E-state index contributed by atoms with van der Waals surface area (Å²) >= 11 is 0. The van der Waals surface area contributed by atoms with Gasteiger partial charge in [-0.3, -0.25) is 4.79 Å². The van der Waals surface area contributed by atoms with Crippen LogP contribution in [0.4, 0.5) is 0 Å². The largest absolute Gasteiger partial charge is 0.380 e. The van der Waals surface area contributed by atoms with Gasteiger partial charge in [0.1, 0.15) is 4.91 Å². The van der Waals surface area contributed by atoms with Crippen LogP contribution in [0, 0.1) is 0 Å². The average Bonchev–Trinajstić information content (AvgIpc) is 2.80. The molecule has 1 unspecified atom stereocenters. The summed E-state index contributed by atoms with van der Waals surface area (Å²) in [5.41, 5.74) is 1.27. The van der Waals surface area contributed by atoms with Gasteiger partial charge in [-0.2, -0.15) is 0 Å². The fraction of sp³-hybridized carbons (Fsp3) is 0.250. The van der Waals surface area contributed by atoms with Crippen molar-refractivity contribution in [2.24, 2.45) is 0 Å². The molecule has 0 spiro atoms. The average molecular weight is 370 g/mol. The van der Waals surface area contributed by atoms with Gasteiger partial charge < -0.3 is 10.2 Å². The molecule has 2 aromatic carbocycles. The third-order valence-corrected chi connectivity index (χ3v) is 6.08. The summed E-state index contributed by atoms with van der Waals surface area (Å²) in [5.74, 6) is -0.455. The maximum Gasteiger partial charge on any atom is 0.213 e. The molecule has 6 heteroatoms. The lowest BCUT2D eigenvalue weighted by atomic mass is 10.1. The van der Waals surface area contributed by atoms with Crippen LogP contribution in [0.2, 0.25) is 0 Å². The van der Waals surface area contributed by atoms with Crippen molar-refractivity contribution in [2.75, 3.05) is 20.6 Å². The van der Waals surface area contributed by atoms with Crippen LogP contribution in [0.1, 0.15) is 22.8 Å². The highest BCUT2D eigenvalue weighted by molar-refractivity contribution is 7.97. The zero-order valence-electron chi connectivity index (χ0n) is 15.1. The second kappa shape index (κ2) is 7.05. The van der Waals surface area contributed by atoms with Gasteiger partial charge in [-0.1, -0.05) is 42.5 Å². The Morgan fingerprint density at radius 1 is 1.04 bits per heavy atom. The van der Waals surface area contributed by atoms with E-state index in [0.717, 1.165) is 0 Å². The molecule has 0 bridgehead atoms. The Balaban J connectivity index is 2.19. The van der Waals surface area contributed by atoms with Crippen molar-refractivity contribution in [2.45, 2.75) is 17.9 Å². The molecule has 0 amide bonds. The molecule has 26 heavy (non-hydrogen) atoms. The van der Waals surface area contributed by atoms with Gasteiger partial charge in [0.25, 0.3) is 0 Å². The van der Waals surface area contributed by atoms with E-state index < -0.39 is 15.6 Å². The summed E-state index contributed by atoms with van der Waals surface area (Å²) < 4.78 is 26.2. The number of Topliss-reactive ketones (excluding diaryl/α,β-unsaturated/α-hetero) is 1. The van der Waals surface area contributed by atoms with E-state index in [-0.39, 0.29) is 21.4 Å². The first-order valence-electron chi connectivity index (χ1n) is 8.42. The van der Waals surface area contributed by atoms with Crippen molar-refractivity contribution in [3.8, 4) is 0 Å². The highest BCUT2D eigenvalue weighted by atomic mass is 32.2. The van der Waals surface area contributed by atoms with Crippen LogP contribution in [0.3, 0.4) is 0 Å². The molecule has 0 saturated heterocycles. The van der Waals surface area contributed by atoms with E-state index in [1.807, 2.05) is 56.3 Å². The molecule has 0 radical (unpaired) electrons. The molecule has 0 aromatic heterocycles. The van der Waals surface area contributed by atoms with Crippen LogP contribution in [0.25, 0.3) is 5.70 Å². The van der Waals surface area contributed by atoms with Crippen LogP contribution >= 0.6 is 0 Å². The fourth-order valence-electron chi connectivity index (χ4n) is 3.22. The van der Waals surface area contributed by atoms with Crippen molar-refractivity contribution in [3.05, 3.63) is 70.6 Å². The maximum atomic E-state index is 13.1. The van der Waals surface area contributed by atoms with E-state index >= 15 is 0 Å². The SMILES string of the molecule is CC(CN(C)C)N/C(=C1\C(=O)c2ccccc2S1(=O)=O)c1ccccc1. The first-order valence-corrected chi connectivity index (χ1v) is 9.90. The second-order valence-electron chi connectivity index (χ2n) is 6.71. The monoisotopic (exact) mass is 370 g/mol. The number of hydrogen-bond acceptors (Lipinski definition) is 5. The lowest BCUT2D eigenvalue weighted by Crippen LogP contribution is -2.36. The normalized spacial score (nSPS) is 18.5. The topological polar surface area (TPSA) is 66.5 Å². The molecule has 1 aliphatic rings. The minimum Gasteiger partial charge on any atom is -0.380 e. The number of allylic oxidation sites excluding steroid dienone is 1. The number of carbonyl (C=O) groups is 1. The smallest absolute Gasteiger partial charge is 0.213 e. The van der Waals surface area contributed by atoms with Crippen molar-refractivity contribution in [1.82, 2.24) is 10.2 Å². The van der Waals surface area contributed by atoms with Crippen LogP contribution in [0.15, 0.2) is 64.4 Å². The Labute approximate surface area is 154 Å². The lowest BCUT2D eigenvalue weighted by Gasteiger charge is -2.22. The van der Waals surface area contributed by atoms with Gasteiger partial charge in [-0.15, -0.1) is 0 Å². The molecule has 1 N–H and O–H groups in total. The van der Waals surface area contributed by atoms with Crippen LogP contribution in [-0.2, 0) is 9.84 Å². The molecule has 1 atom stereocenters. The van der Waals surface area contributed by atoms with Gasteiger partial charge in [-0.05, 0) is 38.7 Å². The fourth-order valence-corrected chi connectivity index (χ4v) is 4.94. The van der Waals surface area contributed by atoms with Gasteiger partial charge in [0.05, 0.1) is 10.6 Å². The quantitative estimate of drug-likeness (QED) is 0.820. The van der Waals surface area contributed by atoms with Gasteiger partial charge in [0.2, 0.25) is 15.6 Å². The zero-order chi connectivity index (χ0) is 18.9. The Kier molecular flexibility index (Phi) is 4.98. The van der Waals surface area contributed by atoms with Crippen LogP contribution < -0.4 is 5.32 Å². The Morgan fingerprint density at radius 3 is 2.27 bits per heavy atom. The molecule has 1 aliphatic heterocycles. The Morgan fingerprint density at radius 2 is 1.65 bits per heavy atom. The van der Waals surface area contributed by atoms with E-state index in [2.05, 4.69) is 5.32 Å². The Hall–Kier alpha value is -2.44. The summed E-state index contributed by atoms with van der Waals surface area (Å²) in [6, 6.07) is 15.5. The predicted octanol–water partition coefficient (Wildman–Crippen LogP) is 2.57. The number of ketones is 1. The summed E-state index contributed by atoms with van der Waals surface area (Å²) in [7, 11) is 0.0275. The number of hydrogen-bond donors (Lipinski definition) is 1. The second-order valence-corrected chi connectivity index (χ2v) is 8.56. The number of fused-ring (bicyclic) bond motifs is 1. The predicted molar refractivity (Wildman–Crippen MR) is 102 cm³/mol. The number of carbonyl (C=O) groups excluding carboxylic acids is 1. The lowest BCUT2D eigenvalue weighted by molar-refractivity contribution is 0.104. The molecule has 3 rings (SSSR count). The van der Waals surface area contributed by atoms with Crippen LogP contribution in [-0.4, -0.2) is 45.8 Å². The molecule has 0 saturated carbocycles. The third kappa shape index (κ3) is 3.30. The van der Waals surface area contributed by atoms with Gasteiger partial charge >= 0.3 is 0 Å². The standard InChI is InChI=1S/C20H22N2O3S/c1-14(13-22(2)3)21-18(15-9-5-4-6-10-15)20-19(23)16-11-7-8-12-17(16)26(20,24)25/h4-12,14,21H,13H2,1-3H3/b20-18+. The third-order valence-electron chi connectivity index (χ3n) is 4.22. The van der Waals surface area contributed by atoms with Gasteiger partial charge in [-0.25, -0.2) is 8.42 Å². The summed E-state index contributed by atoms with van der Waals surface area (Å²) in [6.07, 6.45) is 0. The number of nitrogens with one attached hydrogen (secondary N) is 1. The highest BCUT2D eigenvalue weighted by Gasteiger charge is 2.41. The van der Waals surface area contributed by atoms with E-state index in [9.17, 15) is 13.2 Å². The molecule has 0 fully saturated rings. The van der Waals surface area contributed by atoms with E-state index in [1.54, 1.807) is 18.2 Å². The number of benzene rings is 2. The first-order chi connectivity index (χ1) is 12.3. The number of sulfone groups is 1. The minimum absolute atomic E-state index is 0.0422. The molecule has 0 aliphatic carbocycles. The minimum atomic E-state index is -3.86. The van der Waals surface area contributed by atoms with Gasteiger partial charge in [0, 0.05) is 18.2 Å². The van der Waals surface area contributed by atoms with Gasteiger partial charge in [0.15, 0.2) is 0 Å². The number of likely N-dealkylation sites (N-methyl/N-ethyl adjacent to an activating group) is 1. The zero-order valence-corrected chi connectivity index (χ0v) is 15.9. The molecule has 2 aromatic rings. The molecule has 136 valence electrons. The molecule has 1 heterocycles. The van der Waals surface area contributed by atoms with Crippen LogP contribution in [0.5, 0.6) is 0 Å². The molecular weight excluding hydrogens is 348 g/mol. The van der Waals surface area contributed by atoms with E-state index in [1.165, 1.54) is 6.07 Å². The summed E-state index contributed by atoms with van der Waals surface area (Å²) in [6.45, 7) is 2.66. The van der Waals surface area contributed by atoms with Crippen molar-refractivity contribution < 1.29 is 13.2 Å². The molecular formula is C20H22N2O3S. The van der Waals surface area contributed by atoms with Crippen molar-refractivity contribution >= 4 is 21.3 Å². The molecule has 5 nitrogen and oxygen atoms in total. The van der Waals surface area contributed by atoms with E-state index in [4.69, 9.17) is 0 Å². The van der Waals surface area contributed by atoms with E-state index in [0.29, 0.717) is 17.8 Å². The highest BCUT2D eigenvalue weighted by Crippen LogP contribution is 2.37. The number of nitrogens with zero attached hydrogens (tertiary/aromatic N) is 1. The maximum absolute atomic E-state index is 13.1. The number of rotatable bonds is 5. The Bertz CT molecular complexity index is 964.